The Morgan fingerprint density at radius 1 is 0.895 bits per heavy atom. The molecule has 9 heteroatoms. The molecule has 38 heavy (non-hydrogen) atoms. The van der Waals surface area contributed by atoms with Gasteiger partial charge in [-0.1, -0.05) is 18.2 Å². The van der Waals surface area contributed by atoms with Crippen LogP contribution in [0.25, 0.3) is 32.9 Å². The maximum absolute atomic E-state index is 15.1. The van der Waals surface area contributed by atoms with Gasteiger partial charge in [-0.3, -0.25) is 14.8 Å². The van der Waals surface area contributed by atoms with Crippen molar-refractivity contribution in [3.05, 3.63) is 96.1 Å². The van der Waals surface area contributed by atoms with Gasteiger partial charge in [-0.05, 0) is 42.5 Å². The van der Waals surface area contributed by atoms with Crippen molar-refractivity contribution in [2.75, 3.05) is 36.5 Å². The molecule has 0 unspecified atom stereocenters. The van der Waals surface area contributed by atoms with Crippen LogP contribution in [0.4, 0.5) is 24.5 Å². The normalized spacial score (nSPS) is 13.7. The van der Waals surface area contributed by atoms with Gasteiger partial charge >= 0.3 is 0 Å². The van der Waals surface area contributed by atoms with Crippen molar-refractivity contribution in [1.82, 2.24) is 9.97 Å². The lowest BCUT2D eigenvalue weighted by atomic mass is 9.99. The summed E-state index contributed by atoms with van der Waals surface area (Å²) in [5, 5.41) is 4.15. The molecule has 0 aliphatic carbocycles. The van der Waals surface area contributed by atoms with Gasteiger partial charge in [0, 0.05) is 41.2 Å². The second-order valence-corrected chi connectivity index (χ2v) is 8.89. The van der Waals surface area contributed by atoms with Gasteiger partial charge in [-0.2, -0.15) is 0 Å². The van der Waals surface area contributed by atoms with E-state index in [1.807, 2.05) is 29.2 Å². The number of rotatable bonds is 4. The lowest BCUT2D eigenvalue weighted by molar-refractivity contribution is 0.102. The van der Waals surface area contributed by atoms with E-state index in [2.05, 4.69) is 15.3 Å². The van der Waals surface area contributed by atoms with E-state index in [1.165, 1.54) is 12.3 Å². The van der Waals surface area contributed by atoms with Crippen molar-refractivity contribution in [3.8, 4) is 11.1 Å². The number of anilines is 2. The summed E-state index contributed by atoms with van der Waals surface area (Å²) in [6.07, 6.45) is 3.00. The number of morpholine rings is 1. The molecule has 5 aromatic rings. The average molecular weight is 515 g/mol. The average Bonchev–Trinajstić information content (AvgIpc) is 2.94. The zero-order valence-electron chi connectivity index (χ0n) is 20.0. The molecule has 6 rings (SSSR count). The van der Waals surface area contributed by atoms with Gasteiger partial charge in [0.1, 0.15) is 17.5 Å². The zero-order chi connectivity index (χ0) is 26.2. The smallest absolute Gasteiger partial charge is 0.256 e. The molecule has 1 amide bonds. The Balaban J connectivity index is 1.52. The van der Waals surface area contributed by atoms with Crippen LogP contribution in [0, 0.1) is 17.5 Å². The van der Waals surface area contributed by atoms with Crippen LogP contribution >= 0.6 is 0 Å². The minimum Gasteiger partial charge on any atom is -0.378 e. The Bertz CT molecular complexity index is 1700. The third-order valence-electron chi connectivity index (χ3n) is 6.63. The molecule has 0 atom stereocenters. The summed E-state index contributed by atoms with van der Waals surface area (Å²) in [5.41, 5.74) is 1.90. The van der Waals surface area contributed by atoms with Crippen LogP contribution in [0.15, 0.2) is 73.1 Å². The van der Waals surface area contributed by atoms with Gasteiger partial charge < -0.3 is 15.0 Å². The van der Waals surface area contributed by atoms with Crippen molar-refractivity contribution in [2.24, 2.45) is 0 Å². The summed E-state index contributed by atoms with van der Waals surface area (Å²) in [6.45, 7) is 1.94. The minimum absolute atomic E-state index is 0.146. The standard InChI is InChI=1S/C29H21F3N4O2/c30-17-5-7-22(31)21(15-17)26-23(32)8-6-20-27(26)34-16-25(28(20)36-11-13-38-14-12-36)35-29(37)19-9-10-33-24-4-2-1-3-18(19)24/h1-10,15-16H,11-14H2,(H,35,37). The van der Waals surface area contributed by atoms with Crippen LogP contribution < -0.4 is 10.2 Å². The largest absolute Gasteiger partial charge is 0.378 e. The fourth-order valence-corrected chi connectivity index (χ4v) is 4.87. The summed E-state index contributed by atoms with van der Waals surface area (Å²) < 4.78 is 49.4. The molecule has 0 bridgehead atoms. The predicted octanol–water partition coefficient (Wildman–Crippen LogP) is 5.96. The number of hydrogen-bond donors (Lipinski definition) is 1. The Kier molecular flexibility index (Phi) is 6.13. The van der Waals surface area contributed by atoms with Crippen LogP contribution in [0.3, 0.4) is 0 Å². The molecular formula is C29H21F3N4O2. The van der Waals surface area contributed by atoms with Crippen molar-refractivity contribution < 1.29 is 22.7 Å². The highest BCUT2D eigenvalue weighted by atomic mass is 19.1. The fourth-order valence-electron chi connectivity index (χ4n) is 4.87. The molecule has 1 fully saturated rings. The van der Waals surface area contributed by atoms with Gasteiger partial charge in [-0.15, -0.1) is 0 Å². The second-order valence-electron chi connectivity index (χ2n) is 8.89. The first kappa shape index (κ1) is 23.9. The number of ether oxygens (including phenoxy) is 1. The molecule has 1 N–H and O–H groups in total. The Hall–Kier alpha value is -4.50. The van der Waals surface area contributed by atoms with Crippen molar-refractivity contribution >= 4 is 39.1 Å². The van der Waals surface area contributed by atoms with E-state index in [1.54, 1.807) is 18.3 Å². The van der Waals surface area contributed by atoms with Gasteiger partial charge in [0.25, 0.3) is 5.91 Å². The minimum atomic E-state index is -0.769. The summed E-state index contributed by atoms with van der Waals surface area (Å²) >= 11 is 0. The molecule has 6 nitrogen and oxygen atoms in total. The number of amides is 1. The number of pyridine rings is 2. The molecule has 190 valence electrons. The second kappa shape index (κ2) is 9.75. The number of halogens is 3. The van der Waals surface area contributed by atoms with Crippen LogP contribution in [0.2, 0.25) is 0 Å². The molecule has 1 saturated heterocycles. The fraction of sp³-hybridized carbons (Fsp3) is 0.138. The summed E-state index contributed by atoms with van der Waals surface area (Å²) in [6, 6.07) is 14.6. The highest BCUT2D eigenvalue weighted by molar-refractivity contribution is 6.15. The molecule has 0 spiro atoms. The van der Waals surface area contributed by atoms with E-state index in [0.717, 1.165) is 18.2 Å². The molecule has 3 aromatic carbocycles. The summed E-state index contributed by atoms with van der Waals surface area (Å²) in [4.78, 5) is 24.2. The van der Waals surface area contributed by atoms with Crippen molar-refractivity contribution in [2.45, 2.75) is 0 Å². The molecular weight excluding hydrogens is 493 g/mol. The summed E-state index contributed by atoms with van der Waals surface area (Å²) in [7, 11) is 0. The molecule has 0 radical (unpaired) electrons. The van der Waals surface area contributed by atoms with E-state index in [4.69, 9.17) is 4.74 Å². The lowest BCUT2D eigenvalue weighted by Crippen LogP contribution is -2.37. The Morgan fingerprint density at radius 3 is 2.53 bits per heavy atom. The first-order valence-electron chi connectivity index (χ1n) is 12.1. The molecule has 0 saturated carbocycles. The SMILES string of the molecule is O=C(Nc1cnc2c(-c3cc(F)ccc3F)c(F)ccc2c1N1CCOCC1)c1ccnc2ccccc12. The van der Waals surface area contributed by atoms with Gasteiger partial charge in [0.15, 0.2) is 0 Å². The molecule has 1 aliphatic heterocycles. The Labute approximate surface area is 215 Å². The molecule has 3 heterocycles. The van der Waals surface area contributed by atoms with E-state index in [9.17, 15) is 13.6 Å². The molecule has 2 aromatic heterocycles. The number of fused-ring (bicyclic) bond motifs is 2. The van der Waals surface area contributed by atoms with E-state index < -0.39 is 17.5 Å². The topological polar surface area (TPSA) is 67.4 Å². The number of nitrogens with one attached hydrogen (secondary N) is 1. The first-order valence-corrected chi connectivity index (χ1v) is 12.1. The maximum Gasteiger partial charge on any atom is 0.256 e. The summed E-state index contributed by atoms with van der Waals surface area (Å²) in [5.74, 6) is -2.56. The van der Waals surface area contributed by atoms with Crippen LogP contribution in [-0.2, 0) is 4.74 Å². The number of carbonyl (C=O) groups excluding carboxylic acids is 1. The quantitative estimate of drug-likeness (QED) is 0.321. The zero-order valence-corrected chi connectivity index (χ0v) is 20.0. The third kappa shape index (κ3) is 4.20. The Morgan fingerprint density at radius 2 is 1.68 bits per heavy atom. The van der Waals surface area contributed by atoms with E-state index in [-0.39, 0.29) is 22.6 Å². The van der Waals surface area contributed by atoms with Crippen LogP contribution in [0.5, 0.6) is 0 Å². The number of carbonyl (C=O) groups is 1. The lowest BCUT2D eigenvalue weighted by Gasteiger charge is -2.31. The number of nitrogens with zero attached hydrogens (tertiary/aromatic N) is 3. The predicted molar refractivity (Wildman–Crippen MR) is 140 cm³/mol. The van der Waals surface area contributed by atoms with Gasteiger partial charge in [-0.25, -0.2) is 13.2 Å². The molecule has 1 aliphatic rings. The highest BCUT2D eigenvalue weighted by Crippen LogP contribution is 2.40. The van der Waals surface area contributed by atoms with E-state index >= 15 is 4.39 Å². The number of para-hydroxylation sites is 1. The third-order valence-corrected chi connectivity index (χ3v) is 6.63. The number of aromatic nitrogens is 2. The first-order chi connectivity index (χ1) is 18.5. The number of benzene rings is 3. The maximum atomic E-state index is 15.1. The van der Waals surface area contributed by atoms with Gasteiger partial charge in [0.05, 0.1) is 47.4 Å². The van der Waals surface area contributed by atoms with Gasteiger partial charge in [0.2, 0.25) is 0 Å². The van der Waals surface area contributed by atoms with Crippen LogP contribution in [-0.4, -0.2) is 42.2 Å². The van der Waals surface area contributed by atoms with E-state index in [0.29, 0.717) is 59.5 Å². The highest BCUT2D eigenvalue weighted by Gasteiger charge is 2.24. The van der Waals surface area contributed by atoms with Crippen LogP contribution in [0.1, 0.15) is 10.4 Å². The van der Waals surface area contributed by atoms with Crippen molar-refractivity contribution in [1.29, 1.82) is 0 Å². The number of hydrogen-bond acceptors (Lipinski definition) is 5. The van der Waals surface area contributed by atoms with Crippen molar-refractivity contribution in [3.63, 3.8) is 0 Å². The monoisotopic (exact) mass is 514 g/mol.